The van der Waals surface area contributed by atoms with Gasteiger partial charge < -0.3 is 20.1 Å². The first-order valence-corrected chi connectivity index (χ1v) is 14.1. The number of alkyl halides is 1. The number of benzene rings is 3. The van der Waals surface area contributed by atoms with Crippen LogP contribution in [0.4, 0.5) is 4.39 Å². The number of aliphatic carboxylic acids is 1. The van der Waals surface area contributed by atoms with Crippen molar-refractivity contribution in [1.29, 1.82) is 0 Å². The number of aromatic nitrogens is 1. The summed E-state index contributed by atoms with van der Waals surface area (Å²) in [4.78, 5) is 27.3. The monoisotopic (exact) mass is 628 g/mol. The Bertz CT molecular complexity index is 1480. The minimum absolute atomic E-state index is 0.0535. The summed E-state index contributed by atoms with van der Waals surface area (Å²) in [7, 11) is 0. The summed E-state index contributed by atoms with van der Waals surface area (Å²) >= 11 is 2.33. The molecule has 0 radical (unpaired) electrons. The highest BCUT2D eigenvalue weighted by atomic mass is 127. The van der Waals surface area contributed by atoms with Crippen molar-refractivity contribution in [3.63, 3.8) is 0 Å². The molecule has 0 bridgehead atoms. The van der Waals surface area contributed by atoms with Crippen molar-refractivity contribution < 1.29 is 23.8 Å². The highest BCUT2D eigenvalue weighted by molar-refractivity contribution is 14.1. The number of rotatable bonds is 11. The molecule has 0 aliphatic rings. The molecule has 38 heavy (non-hydrogen) atoms. The number of nitrogens with one attached hydrogen (secondary N) is 2. The number of carbonyl (C=O) groups excluding carboxylic acids is 1. The van der Waals surface area contributed by atoms with Gasteiger partial charge in [-0.3, -0.25) is 9.59 Å². The van der Waals surface area contributed by atoms with Crippen LogP contribution in [0.5, 0.6) is 11.5 Å². The smallest absolute Gasteiger partial charge is 0.303 e. The molecule has 8 heteroatoms. The van der Waals surface area contributed by atoms with Crippen LogP contribution in [0.2, 0.25) is 0 Å². The van der Waals surface area contributed by atoms with Gasteiger partial charge in [-0.05, 0) is 84.0 Å². The van der Waals surface area contributed by atoms with Crippen LogP contribution in [-0.2, 0) is 28.6 Å². The quantitative estimate of drug-likeness (QED) is 0.121. The number of ether oxygens (including phenoxy) is 1. The summed E-state index contributed by atoms with van der Waals surface area (Å²) < 4.78 is 21.2. The zero-order valence-corrected chi connectivity index (χ0v) is 23.5. The molecule has 0 unspecified atom stereocenters. The van der Waals surface area contributed by atoms with Crippen molar-refractivity contribution in [2.24, 2.45) is 0 Å². The predicted molar refractivity (Wildman–Crippen MR) is 155 cm³/mol. The van der Waals surface area contributed by atoms with Gasteiger partial charge in [-0.1, -0.05) is 48.1 Å². The largest absolute Gasteiger partial charge is 0.481 e. The van der Waals surface area contributed by atoms with E-state index in [1.807, 2.05) is 19.1 Å². The first kappa shape index (κ1) is 27.6. The topological polar surface area (TPSA) is 91.4 Å². The lowest BCUT2D eigenvalue weighted by Gasteiger charge is -2.12. The van der Waals surface area contributed by atoms with Gasteiger partial charge in [0.15, 0.2) is 0 Å². The molecule has 3 N–H and O–H groups in total. The Labute approximate surface area is 234 Å². The zero-order valence-electron chi connectivity index (χ0n) is 21.4. The molecule has 0 spiro atoms. The van der Waals surface area contributed by atoms with Crippen molar-refractivity contribution in [2.45, 2.75) is 50.5 Å². The fourth-order valence-electron chi connectivity index (χ4n) is 4.52. The van der Waals surface area contributed by atoms with Crippen LogP contribution >= 0.6 is 22.6 Å². The molecule has 0 saturated carbocycles. The molecule has 6 nitrogen and oxygen atoms in total. The molecule has 0 fully saturated rings. The van der Waals surface area contributed by atoms with Crippen LogP contribution in [0.1, 0.15) is 58.1 Å². The van der Waals surface area contributed by atoms with E-state index >= 15 is 0 Å². The van der Waals surface area contributed by atoms with Gasteiger partial charge in [-0.2, -0.15) is 0 Å². The standard InChI is InChI=1S/C30H30FIN2O4/c1-3-4-25-26-14-19(16-32)5-9-27(26)34-29(25)30(37)33-17-20-12-22(31)15-24(13-20)38-23-8-6-21(18(2)11-23)7-10-28(35)36/h5-6,8-9,11-15,34H,3-4,7,10,16-17H2,1-2H3,(H,33,37)(H,35,36). The number of aryl methyl sites for hydroxylation is 3. The summed E-state index contributed by atoms with van der Waals surface area (Å²) in [6, 6.07) is 15.9. The lowest BCUT2D eigenvalue weighted by molar-refractivity contribution is -0.136. The Kier molecular flexibility index (Phi) is 9.04. The maximum atomic E-state index is 14.4. The van der Waals surface area contributed by atoms with Gasteiger partial charge in [0.2, 0.25) is 0 Å². The van der Waals surface area contributed by atoms with Gasteiger partial charge in [0.25, 0.3) is 5.91 Å². The van der Waals surface area contributed by atoms with E-state index in [1.165, 1.54) is 17.7 Å². The number of carboxylic acids is 1. The SMILES string of the molecule is CCCc1c(C(=O)NCc2cc(F)cc(Oc3ccc(CCC(=O)O)c(C)c3)c2)[nH]c2ccc(CI)cc12. The maximum absolute atomic E-state index is 14.4. The average molecular weight is 628 g/mol. The molecule has 3 aromatic carbocycles. The van der Waals surface area contributed by atoms with Crippen LogP contribution in [0.25, 0.3) is 10.9 Å². The van der Waals surface area contributed by atoms with E-state index in [-0.39, 0.29) is 18.9 Å². The van der Waals surface area contributed by atoms with E-state index in [0.29, 0.717) is 29.2 Å². The third-order valence-corrected chi connectivity index (χ3v) is 7.27. The molecule has 1 heterocycles. The lowest BCUT2D eigenvalue weighted by Crippen LogP contribution is -2.24. The summed E-state index contributed by atoms with van der Waals surface area (Å²) in [6.07, 6.45) is 2.17. The molecule has 4 rings (SSSR count). The van der Waals surface area contributed by atoms with Gasteiger partial charge in [-0.15, -0.1) is 0 Å². The van der Waals surface area contributed by atoms with Crippen molar-refractivity contribution in [2.75, 3.05) is 0 Å². The molecule has 0 atom stereocenters. The number of H-pyrrole nitrogens is 1. The summed E-state index contributed by atoms with van der Waals surface area (Å²) in [6.45, 7) is 4.11. The Morgan fingerprint density at radius 3 is 2.55 bits per heavy atom. The number of carboxylic acid groups (broad SMARTS) is 1. The van der Waals surface area contributed by atoms with Crippen molar-refractivity contribution in [1.82, 2.24) is 10.3 Å². The van der Waals surface area contributed by atoms with Crippen molar-refractivity contribution >= 4 is 45.4 Å². The fourth-order valence-corrected chi connectivity index (χ4v) is 5.00. The van der Waals surface area contributed by atoms with Crippen LogP contribution in [0.15, 0.2) is 54.6 Å². The van der Waals surface area contributed by atoms with Crippen LogP contribution in [0.3, 0.4) is 0 Å². The minimum Gasteiger partial charge on any atom is -0.481 e. The van der Waals surface area contributed by atoms with Gasteiger partial charge in [-0.25, -0.2) is 4.39 Å². The number of hydrogen-bond acceptors (Lipinski definition) is 3. The highest BCUT2D eigenvalue weighted by Gasteiger charge is 2.18. The molecule has 198 valence electrons. The summed E-state index contributed by atoms with van der Waals surface area (Å²) in [5, 5.41) is 12.9. The third kappa shape index (κ3) is 6.72. The van der Waals surface area contributed by atoms with Gasteiger partial charge in [0.05, 0.1) is 0 Å². The molecule has 0 saturated heterocycles. The third-order valence-electron chi connectivity index (χ3n) is 6.39. The van der Waals surface area contributed by atoms with Crippen molar-refractivity contribution in [3.8, 4) is 11.5 Å². The van der Waals surface area contributed by atoms with E-state index in [0.717, 1.165) is 44.9 Å². The molecular formula is C30H30FIN2O4. The predicted octanol–water partition coefficient (Wildman–Crippen LogP) is 7.24. The second kappa shape index (κ2) is 12.4. The lowest BCUT2D eigenvalue weighted by atomic mass is 10.0. The first-order valence-electron chi connectivity index (χ1n) is 12.5. The van der Waals surface area contributed by atoms with Crippen LogP contribution in [-0.4, -0.2) is 22.0 Å². The Morgan fingerprint density at radius 1 is 1.03 bits per heavy atom. The minimum atomic E-state index is -0.847. The Hall–Kier alpha value is -3.40. The summed E-state index contributed by atoms with van der Waals surface area (Å²) in [5.41, 5.74) is 6.07. The van der Waals surface area contributed by atoms with E-state index < -0.39 is 11.8 Å². The molecule has 1 aromatic heterocycles. The molecule has 0 aliphatic heterocycles. The normalized spacial score (nSPS) is 11.1. The molecule has 0 aliphatic carbocycles. The first-order chi connectivity index (χ1) is 18.3. The second-order valence-electron chi connectivity index (χ2n) is 9.30. The van der Waals surface area contributed by atoms with E-state index in [9.17, 15) is 14.0 Å². The van der Waals surface area contributed by atoms with E-state index in [4.69, 9.17) is 9.84 Å². The number of hydrogen-bond donors (Lipinski definition) is 3. The van der Waals surface area contributed by atoms with Crippen LogP contribution in [0, 0.1) is 12.7 Å². The zero-order chi connectivity index (χ0) is 27.2. The number of aromatic amines is 1. The molecule has 1 amide bonds. The van der Waals surface area contributed by atoms with Gasteiger partial charge in [0, 0.05) is 34.4 Å². The molecular weight excluding hydrogens is 598 g/mol. The van der Waals surface area contributed by atoms with Gasteiger partial charge in [0.1, 0.15) is 23.0 Å². The van der Waals surface area contributed by atoms with E-state index in [2.05, 4.69) is 51.9 Å². The fraction of sp³-hybridized carbons (Fsp3) is 0.267. The van der Waals surface area contributed by atoms with Crippen molar-refractivity contribution in [3.05, 3.63) is 93.9 Å². The highest BCUT2D eigenvalue weighted by Crippen LogP contribution is 2.28. The maximum Gasteiger partial charge on any atom is 0.303 e. The number of amides is 1. The number of halogens is 2. The molecule has 4 aromatic rings. The average Bonchev–Trinajstić information content (AvgIpc) is 3.24. The number of fused-ring (bicyclic) bond motifs is 1. The van der Waals surface area contributed by atoms with Crippen LogP contribution < -0.4 is 10.1 Å². The van der Waals surface area contributed by atoms with Gasteiger partial charge >= 0.3 is 5.97 Å². The van der Waals surface area contributed by atoms with E-state index in [1.54, 1.807) is 18.2 Å². The Morgan fingerprint density at radius 2 is 1.84 bits per heavy atom. The number of carbonyl (C=O) groups is 2. The summed E-state index contributed by atoms with van der Waals surface area (Å²) in [5.74, 6) is -0.712. The Balaban J connectivity index is 1.48. The second-order valence-corrected chi connectivity index (χ2v) is 10.1.